The van der Waals surface area contributed by atoms with Crippen molar-refractivity contribution in [3.05, 3.63) is 23.9 Å². The van der Waals surface area contributed by atoms with E-state index in [9.17, 15) is 9.90 Å². The zero-order valence-corrected chi connectivity index (χ0v) is 17.9. The van der Waals surface area contributed by atoms with Crippen LogP contribution >= 0.6 is 0 Å². The van der Waals surface area contributed by atoms with Crippen LogP contribution in [-0.4, -0.2) is 35.7 Å². The number of carbonyl (C=O) groups excluding carboxylic acids is 1. The number of aliphatic hydroxyl groups is 1. The molecule has 4 aliphatic carbocycles. The quantitative estimate of drug-likeness (QED) is 0.501. The summed E-state index contributed by atoms with van der Waals surface area (Å²) in [4.78, 5) is 19.4. The Kier molecular flexibility index (Phi) is 4.54. The first-order valence-electron chi connectivity index (χ1n) is 11.6. The molecule has 1 aliphatic heterocycles. The second-order valence-corrected chi connectivity index (χ2v) is 10.8. The first kappa shape index (κ1) is 19.8. The molecule has 0 aromatic rings. The minimum absolute atomic E-state index is 0.103. The van der Waals surface area contributed by atoms with Gasteiger partial charge >= 0.3 is 0 Å². The molecule has 160 valence electrons. The highest BCUT2D eigenvalue weighted by Crippen LogP contribution is 2.66. The molecule has 0 spiro atoms. The van der Waals surface area contributed by atoms with Crippen LogP contribution in [0.4, 0.5) is 0 Å². The van der Waals surface area contributed by atoms with Crippen LogP contribution in [0.3, 0.4) is 0 Å². The summed E-state index contributed by atoms with van der Waals surface area (Å²) in [5, 5.41) is 15.2. The second kappa shape index (κ2) is 6.66. The van der Waals surface area contributed by atoms with E-state index >= 15 is 0 Å². The SMILES string of the molecule is C=C1CC2C3CCC[C@@]3(C)CCC2[C@@]2(C)C(=O)CC(NOC3CCNC3)=C[C@]12O. The van der Waals surface area contributed by atoms with Crippen LogP contribution in [0.25, 0.3) is 0 Å². The van der Waals surface area contributed by atoms with E-state index in [1.165, 1.54) is 25.7 Å². The van der Waals surface area contributed by atoms with Gasteiger partial charge in [-0.05, 0) is 86.8 Å². The molecule has 0 bridgehead atoms. The van der Waals surface area contributed by atoms with Crippen molar-refractivity contribution in [3.8, 4) is 0 Å². The lowest BCUT2D eigenvalue weighted by atomic mass is 9.43. The third-order valence-electron chi connectivity index (χ3n) is 9.46. The van der Waals surface area contributed by atoms with E-state index in [1.54, 1.807) is 0 Å². The van der Waals surface area contributed by atoms with Gasteiger partial charge in [-0.3, -0.25) is 15.1 Å². The number of hydrogen-bond donors (Lipinski definition) is 3. The van der Waals surface area contributed by atoms with Gasteiger partial charge in [0.15, 0.2) is 0 Å². The summed E-state index contributed by atoms with van der Waals surface area (Å²) in [5.41, 5.74) is 2.85. The average molecular weight is 401 g/mol. The molecule has 0 amide bonds. The highest BCUT2D eigenvalue weighted by molar-refractivity contribution is 5.91. The molecular weight excluding hydrogens is 364 g/mol. The Balaban J connectivity index is 1.45. The van der Waals surface area contributed by atoms with Gasteiger partial charge in [-0.1, -0.05) is 19.9 Å². The number of ketones is 1. The number of fused-ring (bicyclic) bond motifs is 5. The van der Waals surface area contributed by atoms with Gasteiger partial charge in [0, 0.05) is 18.7 Å². The molecule has 0 aromatic heterocycles. The van der Waals surface area contributed by atoms with Gasteiger partial charge in [0.25, 0.3) is 0 Å². The first-order chi connectivity index (χ1) is 13.8. The van der Waals surface area contributed by atoms with Crippen molar-refractivity contribution < 1.29 is 14.7 Å². The second-order valence-electron chi connectivity index (χ2n) is 10.8. The van der Waals surface area contributed by atoms with Crippen LogP contribution in [0.2, 0.25) is 0 Å². The molecule has 4 fully saturated rings. The average Bonchev–Trinajstić information content (AvgIpc) is 3.33. The van der Waals surface area contributed by atoms with Crippen LogP contribution in [-0.2, 0) is 9.63 Å². The maximum absolute atomic E-state index is 13.6. The third kappa shape index (κ3) is 2.73. The molecule has 5 rings (SSSR count). The topological polar surface area (TPSA) is 70.6 Å². The van der Waals surface area contributed by atoms with Crippen LogP contribution < -0.4 is 10.8 Å². The number of carbonyl (C=O) groups is 1. The number of hydrogen-bond acceptors (Lipinski definition) is 5. The fourth-order valence-corrected chi connectivity index (χ4v) is 7.66. The lowest BCUT2D eigenvalue weighted by molar-refractivity contribution is -0.165. The molecule has 7 atom stereocenters. The van der Waals surface area contributed by atoms with Crippen molar-refractivity contribution in [3.63, 3.8) is 0 Å². The Morgan fingerprint density at radius 3 is 2.83 bits per heavy atom. The molecule has 3 saturated carbocycles. The zero-order valence-electron chi connectivity index (χ0n) is 17.9. The Morgan fingerprint density at radius 1 is 1.24 bits per heavy atom. The normalized spacial score (nSPS) is 49.3. The Bertz CT molecular complexity index is 757. The molecule has 0 aromatic carbocycles. The van der Waals surface area contributed by atoms with E-state index in [4.69, 9.17) is 4.84 Å². The van der Waals surface area contributed by atoms with Crippen molar-refractivity contribution in [2.24, 2.45) is 28.6 Å². The molecule has 1 saturated heterocycles. The zero-order chi connectivity index (χ0) is 20.4. The first-order valence-corrected chi connectivity index (χ1v) is 11.6. The summed E-state index contributed by atoms with van der Waals surface area (Å²) >= 11 is 0. The van der Waals surface area contributed by atoms with E-state index in [2.05, 4.69) is 24.3 Å². The summed E-state index contributed by atoms with van der Waals surface area (Å²) in [6, 6.07) is 0. The number of rotatable bonds is 3. The van der Waals surface area contributed by atoms with E-state index in [1.807, 2.05) is 13.0 Å². The predicted octanol–water partition coefficient (Wildman–Crippen LogP) is 3.26. The van der Waals surface area contributed by atoms with Crippen LogP contribution in [0.5, 0.6) is 0 Å². The van der Waals surface area contributed by atoms with Crippen molar-refractivity contribution in [1.29, 1.82) is 0 Å². The lowest BCUT2D eigenvalue weighted by Gasteiger charge is -2.61. The van der Waals surface area contributed by atoms with Gasteiger partial charge in [0.1, 0.15) is 11.4 Å². The van der Waals surface area contributed by atoms with Gasteiger partial charge in [-0.25, -0.2) is 0 Å². The molecule has 5 heteroatoms. The highest BCUT2D eigenvalue weighted by atomic mass is 16.7. The van der Waals surface area contributed by atoms with Gasteiger partial charge in [-0.2, -0.15) is 0 Å². The predicted molar refractivity (Wildman–Crippen MR) is 112 cm³/mol. The number of Topliss-reactive ketones (excluding diaryl/α,β-unsaturated/α-hetero) is 1. The van der Waals surface area contributed by atoms with Crippen molar-refractivity contribution >= 4 is 5.78 Å². The summed E-state index contributed by atoms with van der Waals surface area (Å²) in [6.45, 7) is 10.6. The fourth-order valence-electron chi connectivity index (χ4n) is 7.66. The van der Waals surface area contributed by atoms with E-state index in [0.717, 1.165) is 37.9 Å². The van der Waals surface area contributed by atoms with Crippen molar-refractivity contribution in [2.45, 2.75) is 76.9 Å². The monoisotopic (exact) mass is 400 g/mol. The Labute approximate surface area is 174 Å². The molecule has 3 N–H and O–H groups in total. The van der Waals surface area contributed by atoms with Gasteiger partial charge in [0.2, 0.25) is 0 Å². The van der Waals surface area contributed by atoms with Gasteiger partial charge in [0.05, 0.1) is 11.5 Å². The molecule has 5 nitrogen and oxygen atoms in total. The van der Waals surface area contributed by atoms with Crippen molar-refractivity contribution in [1.82, 2.24) is 10.8 Å². The minimum Gasteiger partial charge on any atom is -0.380 e. The highest BCUT2D eigenvalue weighted by Gasteiger charge is 2.66. The number of allylic oxidation sites excluding steroid dienone is 1. The molecule has 0 radical (unpaired) electrons. The van der Waals surface area contributed by atoms with Crippen LogP contribution in [0.1, 0.15) is 65.2 Å². The fraction of sp³-hybridized carbons (Fsp3) is 0.792. The Hall–Kier alpha value is -1.17. The minimum atomic E-state index is -1.28. The smallest absolute Gasteiger partial charge is 0.148 e. The lowest BCUT2D eigenvalue weighted by Crippen LogP contribution is -2.64. The van der Waals surface area contributed by atoms with Gasteiger partial charge < -0.3 is 10.4 Å². The summed E-state index contributed by atoms with van der Waals surface area (Å²) in [5.74, 6) is 1.51. The molecule has 1 heterocycles. The maximum Gasteiger partial charge on any atom is 0.148 e. The summed E-state index contributed by atoms with van der Waals surface area (Å²) in [7, 11) is 0. The van der Waals surface area contributed by atoms with E-state index in [0.29, 0.717) is 29.4 Å². The largest absolute Gasteiger partial charge is 0.380 e. The summed E-state index contributed by atoms with van der Waals surface area (Å²) < 4.78 is 0. The summed E-state index contributed by atoms with van der Waals surface area (Å²) in [6.07, 6.45) is 10.1. The molecule has 4 unspecified atom stereocenters. The molecular formula is C24H36N2O3. The maximum atomic E-state index is 13.6. The van der Waals surface area contributed by atoms with Crippen LogP contribution in [0, 0.1) is 28.6 Å². The Morgan fingerprint density at radius 2 is 2.07 bits per heavy atom. The standard InChI is InChI=1S/C24H36N2O3/c1-15-11-18-19-5-4-8-22(19,2)9-6-20(18)23(3)21(27)12-16(13-24(15,23)28)26-29-17-7-10-25-14-17/h13,17-20,25-26,28H,1,4-12,14H2,2-3H3/t17?,18?,19?,20?,22-,23-,24-/m0/s1. The molecule has 5 aliphatic rings. The van der Waals surface area contributed by atoms with Crippen LogP contribution in [0.15, 0.2) is 23.9 Å². The number of nitrogens with one attached hydrogen (secondary N) is 2. The van der Waals surface area contributed by atoms with Crippen molar-refractivity contribution in [2.75, 3.05) is 13.1 Å². The van der Waals surface area contributed by atoms with E-state index in [-0.39, 0.29) is 17.8 Å². The van der Waals surface area contributed by atoms with E-state index < -0.39 is 11.0 Å². The molecule has 29 heavy (non-hydrogen) atoms. The third-order valence-corrected chi connectivity index (χ3v) is 9.46. The number of hydroxylamine groups is 1. The van der Waals surface area contributed by atoms with Gasteiger partial charge in [-0.15, -0.1) is 0 Å².